The van der Waals surface area contributed by atoms with Crippen molar-refractivity contribution >= 4 is 23.1 Å². The molecule has 0 atom stereocenters. The fourth-order valence-electron chi connectivity index (χ4n) is 2.31. The van der Waals surface area contributed by atoms with Crippen LogP contribution in [0.1, 0.15) is 12.8 Å². The van der Waals surface area contributed by atoms with E-state index < -0.39 is 0 Å². The molecule has 1 aliphatic rings. The van der Waals surface area contributed by atoms with E-state index in [1.165, 1.54) is 0 Å². The van der Waals surface area contributed by atoms with Crippen molar-refractivity contribution in [2.45, 2.75) is 18.9 Å². The number of halogens is 1. The molecule has 4 nitrogen and oxygen atoms in total. The highest BCUT2D eigenvalue weighted by Crippen LogP contribution is 2.26. The predicted molar refractivity (Wildman–Crippen MR) is 72.6 cm³/mol. The number of aromatic nitrogens is 1. The number of hydrogen-bond donors (Lipinski definition) is 1. The molecule has 1 fully saturated rings. The Morgan fingerprint density at radius 3 is 2.59 bits per heavy atom. The first-order valence-electron chi connectivity index (χ1n) is 5.90. The van der Waals surface area contributed by atoms with Crippen LogP contribution >= 0.6 is 11.6 Å². The van der Waals surface area contributed by atoms with E-state index in [1.807, 2.05) is 0 Å². The smallest absolute Gasteiger partial charge is 0.151 e. The van der Waals surface area contributed by atoms with Crippen molar-refractivity contribution in [3.63, 3.8) is 0 Å². The van der Waals surface area contributed by atoms with Crippen LogP contribution in [0.15, 0.2) is 12.3 Å². The zero-order valence-corrected chi connectivity index (χ0v) is 11.1. The van der Waals surface area contributed by atoms with E-state index in [9.17, 15) is 0 Å². The Bertz CT molecular complexity index is 386. The Kier molecular flexibility index (Phi) is 3.74. The SMILES string of the molecule is CN(C)C1CCN(c2ncc(Cl)cc2N)CC1. The average Bonchev–Trinajstić information content (AvgIpc) is 2.29. The first-order chi connectivity index (χ1) is 8.08. The van der Waals surface area contributed by atoms with Crippen LogP contribution in [0.25, 0.3) is 0 Å². The number of piperidine rings is 1. The minimum atomic E-state index is 0.592. The lowest BCUT2D eigenvalue weighted by Crippen LogP contribution is -2.42. The molecule has 2 heterocycles. The Morgan fingerprint density at radius 2 is 2.06 bits per heavy atom. The molecule has 0 saturated carbocycles. The van der Waals surface area contributed by atoms with Gasteiger partial charge in [-0.2, -0.15) is 0 Å². The molecule has 1 aromatic rings. The minimum Gasteiger partial charge on any atom is -0.396 e. The standard InChI is InChI=1S/C12H19ClN4/c1-16(2)10-3-5-17(6-4-10)12-11(14)7-9(13)8-15-12/h7-8,10H,3-6,14H2,1-2H3. The Balaban J connectivity index is 2.05. The zero-order valence-electron chi connectivity index (χ0n) is 10.4. The average molecular weight is 255 g/mol. The fraction of sp³-hybridized carbons (Fsp3) is 0.583. The summed E-state index contributed by atoms with van der Waals surface area (Å²) in [6.45, 7) is 2.00. The lowest BCUT2D eigenvalue weighted by molar-refractivity contribution is 0.249. The summed E-state index contributed by atoms with van der Waals surface area (Å²) < 4.78 is 0. The number of rotatable bonds is 2. The Morgan fingerprint density at radius 1 is 1.41 bits per heavy atom. The van der Waals surface area contributed by atoms with Gasteiger partial charge in [-0.1, -0.05) is 11.6 Å². The van der Waals surface area contributed by atoms with Crippen LogP contribution in [0.2, 0.25) is 5.02 Å². The van der Waals surface area contributed by atoms with Gasteiger partial charge >= 0.3 is 0 Å². The molecule has 1 saturated heterocycles. The van der Waals surface area contributed by atoms with Gasteiger partial charge in [0.25, 0.3) is 0 Å². The van der Waals surface area contributed by atoms with Crippen molar-refractivity contribution in [2.24, 2.45) is 0 Å². The number of anilines is 2. The normalized spacial score (nSPS) is 17.8. The van der Waals surface area contributed by atoms with Crippen LogP contribution in [-0.4, -0.2) is 43.1 Å². The van der Waals surface area contributed by atoms with Gasteiger partial charge in [-0.05, 0) is 33.0 Å². The lowest BCUT2D eigenvalue weighted by Gasteiger charge is -2.36. The molecule has 0 unspecified atom stereocenters. The first-order valence-corrected chi connectivity index (χ1v) is 6.28. The van der Waals surface area contributed by atoms with Gasteiger partial charge in [-0.3, -0.25) is 0 Å². The summed E-state index contributed by atoms with van der Waals surface area (Å²) in [5.41, 5.74) is 6.62. The molecule has 1 aliphatic heterocycles. The molecule has 0 radical (unpaired) electrons. The maximum Gasteiger partial charge on any atom is 0.151 e. The van der Waals surface area contributed by atoms with Crippen LogP contribution in [0.3, 0.4) is 0 Å². The van der Waals surface area contributed by atoms with E-state index in [-0.39, 0.29) is 0 Å². The van der Waals surface area contributed by atoms with Crippen LogP contribution in [0.5, 0.6) is 0 Å². The molecule has 2 N–H and O–H groups in total. The second kappa shape index (κ2) is 5.10. The third kappa shape index (κ3) is 2.82. The van der Waals surface area contributed by atoms with E-state index >= 15 is 0 Å². The van der Waals surface area contributed by atoms with Crippen LogP contribution in [0.4, 0.5) is 11.5 Å². The maximum atomic E-state index is 5.95. The number of nitrogen functional groups attached to an aromatic ring is 1. The molecule has 2 rings (SSSR count). The molecule has 1 aromatic heterocycles. The molecule has 0 aromatic carbocycles. The number of nitrogens with zero attached hydrogens (tertiary/aromatic N) is 3. The van der Waals surface area contributed by atoms with Gasteiger partial charge in [0.2, 0.25) is 0 Å². The molecule has 0 aliphatic carbocycles. The Hall–Kier alpha value is -1.00. The highest BCUT2D eigenvalue weighted by Gasteiger charge is 2.22. The van der Waals surface area contributed by atoms with Crippen molar-refractivity contribution in [1.82, 2.24) is 9.88 Å². The molecule has 0 bridgehead atoms. The Labute approximate surface area is 107 Å². The monoisotopic (exact) mass is 254 g/mol. The second-order valence-electron chi connectivity index (χ2n) is 4.75. The van der Waals surface area contributed by atoms with Crippen molar-refractivity contribution in [3.05, 3.63) is 17.3 Å². The summed E-state index contributed by atoms with van der Waals surface area (Å²) in [6, 6.07) is 2.43. The van der Waals surface area contributed by atoms with Crippen molar-refractivity contribution in [3.8, 4) is 0 Å². The van der Waals surface area contributed by atoms with E-state index in [2.05, 4.69) is 28.9 Å². The number of nitrogens with two attached hydrogens (primary N) is 1. The molecule has 17 heavy (non-hydrogen) atoms. The van der Waals surface area contributed by atoms with E-state index in [1.54, 1.807) is 12.3 Å². The quantitative estimate of drug-likeness (QED) is 0.875. The summed E-state index contributed by atoms with van der Waals surface area (Å²) >= 11 is 5.85. The molecule has 0 spiro atoms. The van der Waals surface area contributed by atoms with Crippen molar-refractivity contribution < 1.29 is 0 Å². The highest BCUT2D eigenvalue weighted by molar-refractivity contribution is 6.30. The van der Waals surface area contributed by atoms with Crippen molar-refractivity contribution in [2.75, 3.05) is 37.8 Å². The van der Waals surface area contributed by atoms with Crippen LogP contribution < -0.4 is 10.6 Å². The molecule has 94 valence electrons. The van der Waals surface area contributed by atoms with Gasteiger partial charge in [0.15, 0.2) is 5.82 Å². The minimum absolute atomic E-state index is 0.592. The summed E-state index contributed by atoms with van der Waals surface area (Å²) in [7, 11) is 4.27. The number of pyridine rings is 1. The van der Waals surface area contributed by atoms with Gasteiger partial charge in [0, 0.05) is 25.3 Å². The summed E-state index contributed by atoms with van der Waals surface area (Å²) in [6.07, 6.45) is 3.96. The molecule has 0 amide bonds. The van der Waals surface area contributed by atoms with Crippen LogP contribution in [0, 0.1) is 0 Å². The molecular weight excluding hydrogens is 236 g/mol. The summed E-state index contributed by atoms with van der Waals surface area (Å²) in [4.78, 5) is 8.86. The van der Waals surface area contributed by atoms with E-state index in [0.29, 0.717) is 16.8 Å². The first kappa shape index (κ1) is 12.5. The summed E-state index contributed by atoms with van der Waals surface area (Å²) in [5.74, 6) is 0.867. The third-order valence-electron chi connectivity index (χ3n) is 3.36. The zero-order chi connectivity index (χ0) is 12.4. The molecule has 5 heteroatoms. The fourth-order valence-corrected chi connectivity index (χ4v) is 2.47. The van der Waals surface area contributed by atoms with Gasteiger partial charge in [0.05, 0.1) is 10.7 Å². The van der Waals surface area contributed by atoms with Crippen LogP contribution in [-0.2, 0) is 0 Å². The number of hydrogen-bond acceptors (Lipinski definition) is 4. The van der Waals surface area contributed by atoms with E-state index in [0.717, 1.165) is 31.7 Å². The van der Waals surface area contributed by atoms with Gasteiger partial charge in [-0.15, -0.1) is 0 Å². The lowest BCUT2D eigenvalue weighted by atomic mass is 10.0. The van der Waals surface area contributed by atoms with Gasteiger partial charge < -0.3 is 15.5 Å². The largest absolute Gasteiger partial charge is 0.396 e. The highest BCUT2D eigenvalue weighted by atomic mass is 35.5. The second-order valence-corrected chi connectivity index (χ2v) is 5.18. The van der Waals surface area contributed by atoms with Gasteiger partial charge in [-0.25, -0.2) is 4.98 Å². The third-order valence-corrected chi connectivity index (χ3v) is 3.56. The molecular formula is C12H19ClN4. The van der Waals surface area contributed by atoms with Crippen molar-refractivity contribution in [1.29, 1.82) is 0 Å². The maximum absolute atomic E-state index is 5.95. The summed E-state index contributed by atoms with van der Waals surface area (Å²) in [5, 5.41) is 0.592. The van der Waals surface area contributed by atoms with Gasteiger partial charge in [0.1, 0.15) is 0 Å². The van der Waals surface area contributed by atoms with E-state index in [4.69, 9.17) is 17.3 Å². The topological polar surface area (TPSA) is 45.4 Å². The predicted octanol–water partition coefficient (Wildman–Crippen LogP) is 1.85.